The van der Waals surface area contributed by atoms with Crippen molar-refractivity contribution in [2.24, 2.45) is 0 Å². The quantitative estimate of drug-likeness (QED) is 0.730. The summed E-state index contributed by atoms with van der Waals surface area (Å²) in [5.41, 5.74) is 0.450. The monoisotopic (exact) mass is 221 g/mol. The van der Waals surface area contributed by atoms with Gasteiger partial charge in [-0.1, -0.05) is 0 Å². The molecule has 0 N–H and O–H groups in total. The van der Waals surface area contributed by atoms with Crippen LogP contribution in [0.5, 0.6) is 0 Å². The second kappa shape index (κ2) is 4.48. The van der Waals surface area contributed by atoms with Gasteiger partial charge in [-0.25, -0.2) is 0 Å². The van der Waals surface area contributed by atoms with Crippen molar-refractivity contribution < 1.29 is 22.7 Å². The van der Waals surface area contributed by atoms with Crippen molar-refractivity contribution in [2.75, 3.05) is 6.61 Å². The molecule has 0 fully saturated rings. The Hall–Kier alpha value is -1.30. The third-order valence-electron chi connectivity index (χ3n) is 1.66. The van der Waals surface area contributed by atoms with Crippen LogP contribution in [0.15, 0.2) is 18.5 Å². The Morgan fingerprint density at radius 3 is 2.67 bits per heavy atom. The zero-order valence-electron chi connectivity index (χ0n) is 8.04. The van der Waals surface area contributed by atoms with E-state index in [2.05, 4.69) is 4.74 Å². The number of hydrogen-bond acceptors (Lipinski definition) is 2. The van der Waals surface area contributed by atoms with Crippen molar-refractivity contribution in [3.05, 3.63) is 24.0 Å². The van der Waals surface area contributed by atoms with Crippen molar-refractivity contribution >= 4 is 5.78 Å². The Kier molecular flexibility index (Phi) is 3.52. The van der Waals surface area contributed by atoms with Gasteiger partial charge in [-0.3, -0.25) is 4.79 Å². The molecule has 15 heavy (non-hydrogen) atoms. The molecule has 3 nitrogen and oxygen atoms in total. The maximum Gasteiger partial charge on any atom is 0.411 e. The molecule has 1 rings (SSSR count). The molecule has 0 radical (unpaired) electrons. The van der Waals surface area contributed by atoms with Gasteiger partial charge in [-0.15, -0.1) is 0 Å². The molecule has 0 saturated heterocycles. The van der Waals surface area contributed by atoms with Gasteiger partial charge in [-0.05, 0) is 13.0 Å². The number of halogens is 3. The summed E-state index contributed by atoms with van der Waals surface area (Å²) in [6, 6.07) is 1.53. The Morgan fingerprint density at radius 2 is 2.20 bits per heavy atom. The Bertz CT molecular complexity index is 343. The SMILES string of the molecule is CC(=O)c1ccn(COCC(F)(F)F)c1. The third-order valence-corrected chi connectivity index (χ3v) is 1.66. The highest BCUT2D eigenvalue weighted by Crippen LogP contribution is 2.14. The van der Waals surface area contributed by atoms with E-state index >= 15 is 0 Å². The minimum absolute atomic E-state index is 0.135. The molecule has 0 aliphatic rings. The molecule has 0 aliphatic carbocycles. The van der Waals surface area contributed by atoms with Crippen molar-refractivity contribution in [3.63, 3.8) is 0 Å². The highest BCUT2D eigenvalue weighted by molar-refractivity contribution is 5.93. The number of carbonyl (C=O) groups is 1. The van der Waals surface area contributed by atoms with Crippen LogP contribution in [-0.2, 0) is 11.5 Å². The number of ether oxygens (including phenoxy) is 1. The summed E-state index contributed by atoms with van der Waals surface area (Å²) in [5.74, 6) is -0.135. The molecule has 0 bridgehead atoms. The second-order valence-corrected chi connectivity index (χ2v) is 3.06. The molecule has 1 heterocycles. The molecule has 0 saturated carbocycles. The summed E-state index contributed by atoms with van der Waals surface area (Å²) >= 11 is 0. The lowest BCUT2D eigenvalue weighted by Gasteiger charge is -2.07. The first-order chi connectivity index (χ1) is 6.88. The fraction of sp³-hybridized carbons (Fsp3) is 0.444. The van der Waals surface area contributed by atoms with Gasteiger partial charge in [0.1, 0.15) is 13.3 Å². The van der Waals surface area contributed by atoms with Crippen LogP contribution >= 0.6 is 0 Å². The molecular weight excluding hydrogens is 211 g/mol. The standard InChI is InChI=1S/C9H10F3NO2/c1-7(14)8-2-3-13(4-8)6-15-5-9(10,11)12/h2-4H,5-6H2,1H3. The summed E-state index contributed by atoms with van der Waals surface area (Å²) in [4.78, 5) is 10.9. The van der Waals surface area contributed by atoms with E-state index in [0.29, 0.717) is 5.56 Å². The number of alkyl halides is 3. The maximum absolute atomic E-state index is 11.7. The van der Waals surface area contributed by atoms with Crippen LogP contribution in [0.2, 0.25) is 0 Å². The van der Waals surface area contributed by atoms with E-state index in [4.69, 9.17) is 0 Å². The van der Waals surface area contributed by atoms with E-state index in [-0.39, 0.29) is 12.5 Å². The first kappa shape index (κ1) is 11.8. The summed E-state index contributed by atoms with van der Waals surface area (Å²) in [6.45, 7) is -0.121. The van der Waals surface area contributed by atoms with Crippen LogP contribution in [0, 0.1) is 0 Å². The number of ketones is 1. The maximum atomic E-state index is 11.7. The topological polar surface area (TPSA) is 31.2 Å². The molecule has 0 amide bonds. The van der Waals surface area contributed by atoms with Gasteiger partial charge < -0.3 is 9.30 Å². The molecule has 0 atom stereocenters. The van der Waals surface area contributed by atoms with Gasteiger partial charge in [0.25, 0.3) is 0 Å². The molecular formula is C9H10F3NO2. The minimum atomic E-state index is -4.32. The van der Waals surface area contributed by atoms with Crippen LogP contribution in [0.1, 0.15) is 17.3 Å². The second-order valence-electron chi connectivity index (χ2n) is 3.06. The number of carbonyl (C=O) groups excluding carboxylic acids is 1. The van der Waals surface area contributed by atoms with E-state index in [1.54, 1.807) is 0 Å². The average Bonchev–Trinajstić information content (AvgIpc) is 2.50. The van der Waals surface area contributed by atoms with E-state index in [0.717, 1.165) is 0 Å². The van der Waals surface area contributed by atoms with E-state index < -0.39 is 12.8 Å². The van der Waals surface area contributed by atoms with Gasteiger partial charge in [0.15, 0.2) is 5.78 Å². The molecule has 0 unspecified atom stereocenters. The zero-order valence-corrected chi connectivity index (χ0v) is 8.04. The average molecular weight is 221 g/mol. The van der Waals surface area contributed by atoms with E-state index in [1.807, 2.05) is 0 Å². The number of rotatable bonds is 4. The van der Waals surface area contributed by atoms with Gasteiger partial charge in [0.2, 0.25) is 0 Å². The van der Waals surface area contributed by atoms with E-state index in [1.165, 1.54) is 30.0 Å². The number of Topliss-reactive ketones (excluding diaryl/α,β-unsaturated/α-hetero) is 1. The first-order valence-corrected chi connectivity index (χ1v) is 4.20. The molecule has 1 aromatic rings. The highest BCUT2D eigenvalue weighted by Gasteiger charge is 2.27. The molecule has 6 heteroatoms. The lowest BCUT2D eigenvalue weighted by molar-refractivity contribution is -0.181. The highest BCUT2D eigenvalue weighted by atomic mass is 19.4. The Labute approximate surface area is 84.4 Å². The number of nitrogens with zero attached hydrogens (tertiary/aromatic N) is 1. The predicted molar refractivity (Wildman–Crippen MR) is 46.4 cm³/mol. The van der Waals surface area contributed by atoms with Crippen molar-refractivity contribution in [2.45, 2.75) is 19.8 Å². The summed E-state index contributed by atoms with van der Waals surface area (Å²) in [5, 5.41) is 0. The minimum Gasteiger partial charge on any atom is -0.351 e. The van der Waals surface area contributed by atoms with Crippen LogP contribution in [0.25, 0.3) is 0 Å². The van der Waals surface area contributed by atoms with Gasteiger partial charge >= 0.3 is 6.18 Å². The lowest BCUT2D eigenvalue weighted by Crippen LogP contribution is -2.18. The fourth-order valence-electron chi connectivity index (χ4n) is 0.996. The van der Waals surface area contributed by atoms with Gasteiger partial charge in [-0.2, -0.15) is 13.2 Å². The normalized spacial score (nSPS) is 11.7. The third kappa shape index (κ3) is 4.16. The number of aromatic nitrogens is 1. The fourth-order valence-corrected chi connectivity index (χ4v) is 0.996. The van der Waals surface area contributed by atoms with Crippen molar-refractivity contribution in [1.82, 2.24) is 4.57 Å². The van der Waals surface area contributed by atoms with Crippen molar-refractivity contribution in [3.8, 4) is 0 Å². The Morgan fingerprint density at radius 1 is 1.53 bits per heavy atom. The molecule has 0 aliphatic heterocycles. The van der Waals surface area contributed by atoms with Crippen LogP contribution in [0.3, 0.4) is 0 Å². The predicted octanol–water partition coefficient (Wildman–Crippen LogP) is 2.23. The van der Waals surface area contributed by atoms with Gasteiger partial charge in [0.05, 0.1) is 0 Å². The Balaban J connectivity index is 2.41. The first-order valence-electron chi connectivity index (χ1n) is 4.20. The van der Waals surface area contributed by atoms with Crippen LogP contribution in [0.4, 0.5) is 13.2 Å². The number of hydrogen-bond donors (Lipinski definition) is 0. The molecule has 1 aromatic heterocycles. The van der Waals surface area contributed by atoms with E-state index in [9.17, 15) is 18.0 Å². The molecule has 84 valence electrons. The van der Waals surface area contributed by atoms with Crippen LogP contribution < -0.4 is 0 Å². The van der Waals surface area contributed by atoms with Crippen LogP contribution in [-0.4, -0.2) is 23.1 Å². The molecule has 0 spiro atoms. The molecule has 0 aromatic carbocycles. The summed E-state index contributed by atoms with van der Waals surface area (Å²) < 4.78 is 40.9. The lowest BCUT2D eigenvalue weighted by atomic mass is 10.2. The smallest absolute Gasteiger partial charge is 0.351 e. The van der Waals surface area contributed by atoms with Gasteiger partial charge in [0, 0.05) is 18.0 Å². The largest absolute Gasteiger partial charge is 0.411 e. The summed E-state index contributed by atoms with van der Waals surface area (Å²) in [6.07, 6.45) is -1.39. The summed E-state index contributed by atoms with van der Waals surface area (Å²) in [7, 11) is 0. The van der Waals surface area contributed by atoms with Crippen molar-refractivity contribution in [1.29, 1.82) is 0 Å². The zero-order chi connectivity index (χ0) is 11.5.